The average Bonchev–Trinajstić information content (AvgIpc) is 3.29. The van der Waals surface area contributed by atoms with Gasteiger partial charge in [-0.15, -0.1) is 0 Å². The normalized spacial score (nSPS) is 17.8. The molecule has 0 aliphatic carbocycles. The Morgan fingerprint density at radius 2 is 1.75 bits per heavy atom. The molecule has 3 aromatic rings. The summed E-state index contributed by atoms with van der Waals surface area (Å²) in [7, 11) is 1.62. The first kappa shape index (κ1) is 21.9. The summed E-state index contributed by atoms with van der Waals surface area (Å²) in [6, 6.07) is 24.4. The first-order valence-electron chi connectivity index (χ1n) is 10.6. The van der Waals surface area contributed by atoms with Crippen molar-refractivity contribution < 1.29 is 14.3 Å². The first-order chi connectivity index (χ1) is 15.5. The number of nitrogens with one attached hydrogen (secondary N) is 1. The van der Waals surface area contributed by atoms with E-state index in [1.807, 2.05) is 54.6 Å². The molecule has 2 atom stereocenters. The van der Waals surface area contributed by atoms with Crippen molar-refractivity contribution in [2.75, 3.05) is 20.2 Å². The molecule has 0 bridgehead atoms. The SMILES string of the molecule is COc1cccc([C@H]2CN(C(=O)c3ccc(Cl)cc3)C[C@H]2C(=O)NCc2ccccc2)c1. The second-order valence-electron chi connectivity index (χ2n) is 7.91. The van der Waals surface area contributed by atoms with Gasteiger partial charge in [0.15, 0.2) is 0 Å². The van der Waals surface area contributed by atoms with Crippen LogP contribution in [0, 0.1) is 5.92 Å². The lowest BCUT2D eigenvalue weighted by molar-refractivity contribution is -0.125. The molecule has 1 heterocycles. The lowest BCUT2D eigenvalue weighted by Gasteiger charge is -2.18. The maximum absolute atomic E-state index is 13.2. The van der Waals surface area contributed by atoms with Crippen molar-refractivity contribution in [2.24, 2.45) is 5.92 Å². The molecule has 0 aromatic heterocycles. The van der Waals surface area contributed by atoms with Crippen LogP contribution in [-0.2, 0) is 11.3 Å². The number of carbonyl (C=O) groups is 2. The molecular formula is C26H25ClN2O3. The van der Waals surface area contributed by atoms with Crippen molar-refractivity contribution >= 4 is 23.4 Å². The highest BCUT2D eigenvalue weighted by Gasteiger charge is 2.40. The van der Waals surface area contributed by atoms with Crippen LogP contribution >= 0.6 is 11.6 Å². The Labute approximate surface area is 193 Å². The zero-order chi connectivity index (χ0) is 22.5. The number of methoxy groups -OCH3 is 1. The van der Waals surface area contributed by atoms with Crippen LogP contribution in [-0.4, -0.2) is 36.9 Å². The minimum atomic E-state index is -0.359. The highest BCUT2D eigenvalue weighted by molar-refractivity contribution is 6.30. The Bertz CT molecular complexity index is 1090. The molecule has 1 fully saturated rings. The van der Waals surface area contributed by atoms with Gasteiger partial charge in [-0.3, -0.25) is 9.59 Å². The van der Waals surface area contributed by atoms with Crippen LogP contribution in [0.4, 0.5) is 0 Å². The van der Waals surface area contributed by atoms with Gasteiger partial charge in [0.25, 0.3) is 5.91 Å². The number of amides is 2. The van der Waals surface area contributed by atoms with Gasteiger partial charge in [0.2, 0.25) is 5.91 Å². The molecule has 2 amide bonds. The lowest BCUT2D eigenvalue weighted by atomic mass is 9.88. The fraction of sp³-hybridized carbons (Fsp3) is 0.231. The minimum Gasteiger partial charge on any atom is -0.497 e. The Morgan fingerprint density at radius 1 is 1.00 bits per heavy atom. The van der Waals surface area contributed by atoms with E-state index in [4.69, 9.17) is 16.3 Å². The molecule has 0 spiro atoms. The van der Waals surface area contributed by atoms with E-state index in [0.717, 1.165) is 16.9 Å². The molecule has 1 N–H and O–H groups in total. The van der Waals surface area contributed by atoms with E-state index in [2.05, 4.69) is 5.32 Å². The summed E-state index contributed by atoms with van der Waals surface area (Å²) >= 11 is 5.97. The summed E-state index contributed by atoms with van der Waals surface area (Å²) in [4.78, 5) is 28.1. The largest absolute Gasteiger partial charge is 0.497 e. The highest BCUT2D eigenvalue weighted by Crippen LogP contribution is 2.35. The van der Waals surface area contributed by atoms with E-state index in [1.54, 1.807) is 36.3 Å². The molecule has 1 aliphatic rings. The van der Waals surface area contributed by atoms with E-state index in [9.17, 15) is 9.59 Å². The summed E-state index contributed by atoms with van der Waals surface area (Å²) in [5.74, 6) is 0.0774. The average molecular weight is 449 g/mol. The summed E-state index contributed by atoms with van der Waals surface area (Å²) < 4.78 is 5.38. The predicted octanol–water partition coefficient (Wildman–Crippen LogP) is 4.52. The van der Waals surface area contributed by atoms with Gasteiger partial charge in [-0.25, -0.2) is 0 Å². The molecule has 1 saturated heterocycles. The smallest absolute Gasteiger partial charge is 0.253 e. The van der Waals surface area contributed by atoms with Crippen molar-refractivity contribution in [3.63, 3.8) is 0 Å². The number of rotatable bonds is 6. The quantitative estimate of drug-likeness (QED) is 0.603. The Kier molecular flexibility index (Phi) is 6.76. The monoisotopic (exact) mass is 448 g/mol. The highest BCUT2D eigenvalue weighted by atomic mass is 35.5. The van der Waals surface area contributed by atoms with Gasteiger partial charge in [0.1, 0.15) is 5.75 Å². The van der Waals surface area contributed by atoms with E-state index >= 15 is 0 Å². The Hall–Kier alpha value is -3.31. The van der Waals surface area contributed by atoms with Crippen molar-refractivity contribution in [1.82, 2.24) is 10.2 Å². The van der Waals surface area contributed by atoms with E-state index in [0.29, 0.717) is 30.2 Å². The van der Waals surface area contributed by atoms with Crippen molar-refractivity contribution in [3.8, 4) is 5.75 Å². The second kappa shape index (κ2) is 9.88. The number of hydrogen-bond acceptors (Lipinski definition) is 3. The number of hydrogen-bond donors (Lipinski definition) is 1. The van der Waals surface area contributed by atoms with Crippen LogP contribution in [0.2, 0.25) is 5.02 Å². The van der Waals surface area contributed by atoms with Gasteiger partial charge in [-0.2, -0.15) is 0 Å². The van der Waals surface area contributed by atoms with Gasteiger partial charge in [-0.05, 0) is 47.5 Å². The van der Waals surface area contributed by atoms with E-state index < -0.39 is 0 Å². The third-order valence-electron chi connectivity index (χ3n) is 5.87. The first-order valence-corrected chi connectivity index (χ1v) is 10.9. The van der Waals surface area contributed by atoms with Crippen LogP contribution < -0.4 is 10.1 Å². The molecule has 4 rings (SSSR count). The summed E-state index contributed by atoms with van der Waals surface area (Å²) in [6.45, 7) is 1.26. The van der Waals surface area contributed by atoms with Crippen molar-refractivity contribution in [2.45, 2.75) is 12.5 Å². The molecule has 3 aromatic carbocycles. The number of halogens is 1. The Balaban J connectivity index is 1.56. The summed E-state index contributed by atoms with van der Waals surface area (Å²) in [5.41, 5.74) is 2.57. The van der Waals surface area contributed by atoms with E-state index in [-0.39, 0.29) is 23.7 Å². The third kappa shape index (κ3) is 4.94. The van der Waals surface area contributed by atoms with Crippen LogP contribution in [0.25, 0.3) is 0 Å². The summed E-state index contributed by atoms with van der Waals surface area (Å²) in [6.07, 6.45) is 0. The zero-order valence-electron chi connectivity index (χ0n) is 17.8. The van der Waals surface area contributed by atoms with Gasteiger partial charge in [-0.1, -0.05) is 54.1 Å². The van der Waals surface area contributed by atoms with Crippen LogP contribution in [0.3, 0.4) is 0 Å². The molecular weight excluding hydrogens is 424 g/mol. The standard InChI is InChI=1S/C26H25ClN2O3/c1-32-22-9-5-8-20(14-22)23-16-29(26(31)19-10-12-21(27)13-11-19)17-24(23)25(30)28-15-18-6-3-2-4-7-18/h2-14,23-24H,15-17H2,1H3,(H,28,30)/t23-,24-/m1/s1. The zero-order valence-corrected chi connectivity index (χ0v) is 18.6. The predicted molar refractivity (Wildman–Crippen MR) is 125 cm³/mol. The molecule has 0 unspecified atom stereocenters. The van der Waals surface area contributed by atoms with Crippen LogP contribution in [0.15, 0.2) is 78.9 Å². The molecule has 32 heavy (non-hydrogen) atoms. The summed E-state index contributed by atoms with van der Waals surface area (Å²) in [5, 5.41) is 3.63. The van der Waals surface area contributed by atoms with Gasteiger partial charge in [0.05, 0.1) is 13.0 Å². The van der Waals surface area contributed by atoms with Crippen LogP contribution in [0.1, 0.15) is 27.4 Å². The third-order valence-corrected chi connectivity index (χ3v) is 6.12. The van der Waals surface area contributed by atoms with Gasteiger partial charge in [0, 0.05) is 36.1 Å². The fourth-order valence-corrected chi connectivity index (χ4v) is 4.26. The number of nitrogens with zero attached hydrogens (tertiary/aromatic N) is 1. The Morgan fingerprint density at radius 3 is 2.47 bits per heavy atom. The second-order valence-corrected chi connectivity index (χ2v) is 8.35. The van der Waals surface area contributed by atoms with Gasteiger partial charge >= 0.3 is 0 Å². The van der Waals surface area contributed by atoms with Crippen molar-refractivity contribution in [1.29, 1.82) is 0 Å². The molecule has 6 heteroatoms. The van der Waals surface area contributed by atoms with E-state index in [1.165, 1.54) is 0 Å². The topological polar surface area (TPSA) is 58.6 Å². The molecule has 0 saturated carbocycles. The van der Waals surface area contributed by atoms with Gasteiger partial charge < -0.3 is 15.0 Å². The number of carbonyl (C=O) groups excluding carboxylic acids is 2. The van der Waals surface area contributed by atoms with Crippen LogP contribution in [0.5, 0.6) is 5.75 Å². The lowest BCUT2D eigenvalue weighted by Crippen LogP contribution is -2.35. The number of ether oxygens (including phenoxy) is 1. The molecule has 5 nitrogen and oxygen atoms in total. The maximum atomic E-state index is 13.2. The van der Waals surface area contributed by atoms with Crippen molar-refractivity contribution in [3.05, 3.63) is 101 Å². The molecule has 1 aliphatic heterocycles. The molecule has 0 radical (unpaired) electrons. The number of likely N-dealkylation sites (tertiary alicyclic amines) is 1. The molecule has 164 valence electrons. The minimum absolute atomic E-state index is 0.0620. The number of benzene rings is 3. The fourth-order valence-electron chi connectivity index (χ4n) is 4.14. The maximum Gasteiger partial charge on any atom is 0.253 e.